The molecule has 48 heavy (non-hydrogen) atoms. The molecule has 0 saturated carbocycles. The summed E-state index contributed by atoms with van der Waals surface area (Å²) in [4.78, 5) is 24.7. The van der Waals surface area contributed by atoms with Gasteiger partial charge in [-0.2, -0.15) is 0 Å². The average molecular weight is 665 g/mol. The Morgan fingerprint density at radius 1 is 0.458 bits per heavy atom. The molecule has 0 heterocycles. The molecule has 0 atom stereocenters. The van der Waals surface area contributed by atoms with E-state index in [-0.39, 0.29) is 11.8 Å². The molecule has 1 aromatic carbocycles. The fraction of sp³-hybridized carbons (Fsp3) is 0.727. The lowest BCUT2D eigenvalue weighted by molar-refractivity contribution is -0.122. The molecule has 0 bridgehead atoms. The van der Waals surface area contributed by atoms with Crippen molar-refractivity contribution in [3.63, 3.8) is 0 Å². The van der Waals surface area contributed by atoms with Gasteiger partial charge >= 0.3 is 0 Å². The van der Waals surface area contributed by atoms with Gasteiger partial charge in [0.25, 0.3) is 0 Å². The number of amides is 2. The van der Waals surface area contributed by atoms with Crippen LogP contribution in [0.3, 0.4) is 0 Å². The topological polar surface area (TPSA) is 58.2 Å². The first kappa shape index (κ1) is 43.7. The van der Waals surface area contributed by atoms with Gasteiger partial charge in [-0.3, -0.25) is 9.59 Å². The summed E-state index contributed by atoms with van der Waals surface area (Å²) < 4.78 is 0. The fourth-order valence-corrected chi connectivity index (χ4v) is 6.14. The van der Waals surface area contributed by atoms with Gasteiger partial charge in [0.15, 0.2) is 0 Å². The van der Waals surface area contributed by atoms with E-state index >= 15 is 0 Å². The van der Waals surface area contributed by atoms with Gasteiger partial charge in [0.2, 0.25) is 11.8 Å². The van der Waals surface area contributed by atoms with Crippen molar-refractivity contribution in [2.75, 3.05) is 0 Å². The second-order valence-electron chi connectivity index (χ2n) is 14.0. The third kappa shape index (κ3) is 29.8. The van der Waals surface area contributed by atoms with Crippen LogP contribution in [0.5, 0.6) is 0 Å². The number of rotatable bonds is 34. The number of carbonyl (C=O) groups excluding carboxylic acids is 2. The smallest absolute Gasteiger partial charge is 0.220 e. The highest BCUT2D eigenvalue weighted by molar-refractivity contribution is 5.76. The summed E-state index contributed by atoms with van der Waals surface area (Å²) in [7, 11) is 0. The van der Waals surface area contributed by atoms with Crippen LogP contribution in [0.1, 0.15) is 205 Å². The zero-order valence-corrected chi connectivity index (χ0v) is 31.6. The van der Waals surface area contributed by atoms with Crippen LogP contribution in [0, 0.1) is 0 Å². The Hall–Kier alpha value is -2.36. The van der Waals surface area contributed by atoms with E-state index in [9.17, 15) is 9.59 Å². The Balaban J connectivity index is 1.98. The summed E-state index contributed by atoms with van der Waals surface area (Å²) in [6.07, 6.45) is 43.6. The van der Waals surface area contributed by atoms with Crippen LogP contribution >= 0.6 is 0 Å². The lowest BCUT2D eigenvalue weighted by atomic mass is 10.1. The van der Waals surface area contributed by atoms with Crippen molar-refractivity contribution in [1.82, 2.24) is 10.6 Å². The van der Waals surface area contributed by atoms with Gasteiger partial charge in [-0.15, -0.1) is 0 Å². The summed E-state index contributed by atoms with van der Waals surface area (Å²) in [6, 6.07) is 8.18. The van der Waals surface area contributed by atoms with Gasteiger partial charge in [0.1, 0.15) is 0 Å². The van der Waals surface area contributed by atoms with Crippen LogP contribution in [0.25, 0.3) is 0 Å². The van der Waals surface area contributed by atoms with Crippen molar-refractivity contribution in [1.29, 1.82) is 0 Å². The second-order valence-corrected chi connectivity index (χ2v) is 14.0. The predicted octanol–water partition coefficient (Wildman–Crippen LogP) is 13.0. The summed E-state index contributed by atoms with van der Waals surface area (Å²) in [5.41, 5.74) is 2.16. The van der Waals surface area contributed by atoms with Crippen LogP contribution in [0.2, 0.25) is 0 Å². The predicted molar refractivity (Wildman–Crippen MR) is 209 cm³/mol. The lowest BCUT2D eigenvalue weighted by Crippen LogP contribution is -2.23. The average Bonchev–Trinajstić information content (AvgIpc) is 3.10. The van der Waals surface area contributed by atoms with E-state index in [2.05, 4.69) is 54.9 Å². The quantitative estimate of drug-likeness (QED) is 0.0569. The molecule has 4 heteroatoms. The number of carbonyl (C=O) groups is 2. The third-order valence-corrected chi connectivity index (χ3v) is 9.30. The van der Waals surface area contributed by atoms with E-state index in [0.29, 0.717) is 25.9 Å². The molecule has 0 radical (unpaired) electrons. The number of benzene rings is 1. The van der Waals surface area contributed by atoms with Crippen LogP contribution in [0.4, 0.5) is 0 Å². The van der Waals surface area contributed by atoms with Crippen LogP contribution in [0.15, 0.2) is 48.6 Å². The third-order valence-electron chi connectivity index (χ3n) is 9.30. The first-order valence-corrected chi connectivity index (χ1v) is 20.6. The molecule has 0 aliphatic carbocycles. The van der Waals surface area contributed by atoms with E-state index in [1.165, 1.54) is 141 Å². The van der Waals surface area contributed by atoms with E-state index in [0.717, 1.165) is 36.8 Å². The maximum atomic E-state index is 12.4. The highest BCUT2D eigenvalue weighted by Crippen LogP contribution is 2.12. The fourth-order valence-electron chi connectivity index (χ4n) is 6.14. The molecule has 0 aromatic heterocycles. The minimum Gasteiger partial charge on any atom is -0.352 e. The van der Waals surface area contributed by atoms with E-state index in [1.54, 1.807) is 0 Å². The number of unbranched alkanes of at least 4 members (excludes halogenated alkanes) is 22. The number of allylic oxidation sites excluding steroid dienone is 4. The summed E-state index contributed by atoms with van der Waals surface area (Å²) >= 11 is 0. The molecule has 1 rings (SSSR count). The number of nitrogens with one attached hydrogen (secondary N) is 2. The molecule has 2 N–H and O–H groups in total. The first-order valence-electron chi connectivity index (χ1n) is 20.6. The first-order chi connectivity index (χ1) is 23.7. The zero-order chi connectivity index (χ0) is 34.6. The molecule has 1 aromatic rings. The minimum absolute atomic E-state index is 0.131. The lowest BCUT2D eigenvalue weighted by Gasteiger charge is -2.09. The van der Waals surface area contributed by atoms with E-state index in [4.69, 9.17) is 0 Å². The molecule has 0 unspecified atom stereocenters. The Kier molecular flexibility index (Phi) is 31.4. The summed E-state index contributed by atoms with van der Waals surface area (Å²) in [6.45, 7) is 5.63. The van der Waals surface area contributed by atoms with E-state index in [1.807, 2.05) is 18.2 Å². The highest BCUT2D eigenvalue weighted by atomic mass is 16.2. The SMILES string of the molecule is CCCCCCCCC=CCCCCCCCC(=O)NCc1cccc(CNC(=O)CCCCCCCC=CCCCCCCCC)c1. The largest absolute Gasteiger partial charge is 0.352 e. The van der Waals surface area contributed by atoms with E-state index < -0.39 is 0 Å². The molecular weight excluding hydrogens is 588 g/mol. The Labute approximate surface area is 297 Å². The molecule has 0 aliphatic heterocycles. The van der Waals surface area contributed by atoms with Gasteiger partial charge < -0.3 is 10.6 Å². The summed E-state index contributed by atoms with van der Waals surface area (Å²) in [5, 5.41) is 6.15. The van der Waals surface area contributed by atoms with Gasteiger partial charge in [0.05, 0.1) is 0 Å². The van der Waals surface area contributed by atoms with Gasteiger partial charge in [-0.05, 0) is 75.3 Å². The Bertz CT molecular complexity index is 866. The molecule has 2 amide bonds. The monoisotopic (exact) mass is 665 g/mol. The van der Waals surface area contributed by atoms with Crippen molar-refractivity contribution in [2.24, 2.45) is 0 Å². The normalized spacial score (nSPS) is 11.5. The molecule has 0 saturated heterocycles. The Morgan fingerprint density at radius 3 is 1.12 bits per heavy atom. The van der Waals surface area contributed by atoms with Crippen molar-refractivity contribution in [3.8, 4) is 0 Å². The standard InChI is InChI=1S/C44H76N2O2/c1-3-5-7-9-11-13-15-17-19-21-23-25-27-29-31-36-43(47)45-39-41-34-33-35-42(38-41)40-46-44(48)37-32-30-28-26-24-22-20-18-16-14-12-10-8-6-4-2/h17-20,33-35,38H,3-16,21-32,36-37,39-40H2,1-2H3,(H,45,47)(H,46,48). The second kappa shape index (κ2) is 34.5. The molecule has 274 valence electrons. The zero-order valence-electron chi connectivity index (χ0n) is 31.6. The maximum Gasteiger partial charge on any atom is 0.220 e. The van der Waals surface area contributed by atoms with Crippen molar-refractivity contribution in [2.45, 2.75) is 207 Å². The number of hydrogen-bond acceptors (Lipinski definition) is 2. The molecular formula is C44H76N2O2. The van der Waals surface area contributed by atoms with Gasteiger partial charge in [0, 0.05) is 25.9 Å². The van der Waals surface area contributed by atoms with Gasteiger partial charge in [-0.1, -0.05) is 165 Å². The van der Waals surface area contributed by atoms with Gasteiger partial charge in [-0.25, -0.2) is 0 Å². The van der Waals surface area contributed by atoms with Crippen molar-refractivity contribution in [3.05, 3.63) is 59.7 Å². The van der Waals surface area contributed by atoms with Crippen LogP contribution in [-0.2, 0) is 22.7 Å². The van der Waals surface area contributed by atoms with Crippen LogP contribution in [-0.4, -0.2) is 11.8 Å². The summed E-state index contributed by atoms with van der Waals surface area (Å²) in [5.74, 6) is 0.262. The molecule has 0 aliphatic rings. The number of hydrogen-bond donors (Lipinski definition) is 2. The molecule has 0 fully saturated rings. The van der Waals surface area contributed by atoms with Crippen molar-refractivity contribution < 1.29 is 9.59 Å². The highest BCUT2D eigenvalue weighted by Gasteiger charge is 2.05. The van der Waals surface area contributed by atoms with Crippen LogP contribution < -0.4 is 10.6 Å². The van der Waals surface area contributed by atoms with Crippen molar-refractivity contribution >= 4 is 11.8 Å². The Morgan fingerprint density at radius 2 is 0.771 bits per heavy atom. The maximum absolute atomic E-state index is 12.4. The minimum atomic E-state index is 0.131. The molecule has 4 nitrogen and oxygen atoms in total. The molecule has 0 spiro atoms.